The Morgan fingerprint density at radius 3 is 2.38 bits per heavy atom. The Kier molecular flexibility index (Phi) is 5.92. The van der Waals surface area contributed by atoms with Gasteiger partial charge < -0.3 is 19.5 Å². The number of hydrogen-bond donors (Lipinski definition) is 1. The first kappa shape index (κ1) is 17.5. The van der Waals surface area contributed by atoms with Crippen molar-refractivity contribution in [1.82, 2.24) is 10.2 Å². The molecule has 2 heterocycles. The minimum atomic E-state index is -0.220. The maximum atomic E-state index is 14.9. The second kappa shape index (κ2) is 8.14. The molecule has 0 unspecified atom stereocenters. The third-order valence-corrected chi connectivity index (χ3v) is 5.08. The number of ether oxygens (including phenoxy) is 3. The lowest BCUT2D eigenvalue weighted by Crippen LogP contribution is -2.47. The first-order valence-electron chi connectivity index (χ1n) is 8.68. The van der Waals surface area contributed by atoms with E-state index >= 15 is 0 Å². The maximum Gasteiger partial charge on any atom is 0.163 e. The number of halogens is 1. The van der Waals surface area contributed by atoms with Crippen LogP contribution in [0, 0.1) is 11.7 Å². The van der Waals surface area contributed by atoms with Gasteiger partial charge in [0.25, 0.3) is 0 Å². The Morgan fingerprint density at radius 1 is 1.12 bits per heavy atom. The first-order chi connectivity index (χ1) is 11.7. The summed E-state index contributed by atoms with van der Waals surface area (Å²) in [4.78, 5) is 2.40. The molecule has 2 fully saturated rings. The monoisotopic (exact) mass is 338 g/mol. The molecule has 3 rings (SSSR count). The Labute approximate surface area is 143 Å². The topological polar surface area (TPSA) is 43.0 Å². The zero-order valence-corrected chi connectivity index (χ0v) is 14.5. The molecular weight excluding hydrogens is 311 g/mol. The van der Waals surface area contributed by atoms with Crippen molar-refractivity contribution in [3.8, 4) is 11.5 Å². The van der Waals surface area contributed by atoms with E-state index in [1.807, 2.05) is 6.07 Å². The molecule has 0 radical (unpaired) electrons. The standard InChI is InChI=1S/C18H27FN2O3/c1-22-16-11-14(15(19)12-17(16)23-2)18(13-3-9-24-10-4-13)21-7-5-20-6-8-21/h11-13,18,20H,3-10H2,1-2H3/t18-/m1/s1. The molecule has 6 heteroatoms. The highest BCUT2D eigenvalue weighted by atomic mass is 19.1. The summed E-state index contributed by atoms with van der Waals surface area (Å²) in [5.41, 5.74) is 0.710. The zero-order chi connectivity index (χ0) is 16.9. The van der Waals surface area contributed by atoms with E-state index in [2.05, 4.69) is 10.2 Å². The summed E-state index contributed by atoms with van der Waals surface area (Å²) in [5.74, 6) is 1.19. The second-order valence-corrected chi connectivity index (χ2v) is 6.41. The predicted molar refractivity (Wildman–Crippen MR) is 90.2 cm³/mol. The number of nitrogens with one attached hydrogen (secondary N) is 1. The Hall–Kier alpha value is -1.37. The molecule has 0 aliphatic carbocycles. The molecule has 2 aliphatic rings. The molecule has 2 saturated heterocycles. The summed E-state index contributed by atoms with van der Waals surface area (Å²) in [6, 6.07) is 3.31. The van der Waals surface area contributed by atoms with Crippen LogP contribution in [0.5, 0.6) is 11.5 Å². The lowest BCUT2D eigenvalue weighted by atomic mass is 9.85. The highest BCUT2D eigenvalue weighted by Crippen LogP contribution is 2.40. The summed E-state index contributed by atoms with van der Waals surface area (Å²) in [6.07, 6.45) is 1.92. The van der Waals surface area contributed by atoms with Crippen molar-refractivity contribution in [2.24, 2.45) is 5.92 Å². The Bertz CT molecular complexity index is 525. The molecular formula is C18H27FN2O3. The minimum Gasteiger partial charge on any atom is -0.493 e. The average Bonchev–Trinajstić information content (AvgIpc) is 2.64. The van der Waals surface area contributed by atoms with Gasteiger partial charge in [0.05, 0.1) is 14.2 Å². The molecule has 0 aromatic heterocycles. The van der Waals surface area contributed by atoms with Gasteiger partial charge in [0, 0.05) is 57.1 Å². The van der Waals surface area contributed by atoms with Crippen LogP contribution in [0.2, 0.25) is 0 Å². The van der Waals surface area contributed by atoms with E-state index in [0.29, 0.717) is 23.0 Å². The molecule has 5 nitrogen and oxygen atoms in total. The van der Waals surface area contributed by atoms with Crippen molar-refractivity contribution in [3.63, 3.8) is 0 Å². The third-order valence-electron chi connectivity index (χ3n) is 5.08. The number of benzene rings is 1. The van der Waals surface area contributed by atoms with E-state index in [-0.39, 0.29) is 11.9 Å². The molecule has 2 aliphatic heterocycles. The summed E-state index contributed by atoms with van der Waals surface area (Å²) in [5, 5.41) is 3.37. The van der Waals surface area contributed by atoms with E-state index in [1.165, 1.54) is 13.2 Å². The lowest BCUT2D eigenvalue weighted by molar-refractivity contribution is 0.0202. The van der Waals surface area contributed by atoms with Gasteiger partial charge in [-0.2, -0.15) is 0 Å². The molecule has 134 valence electrons. The first-order valence-corrected chi connectivity index (χ1v) is 8.68. The molecule has 0 bridgehead atoms. The van der Waals surface area contributed by atoms with Crippen LogP contribution < -0.4 is 14.8 Å². The number of hydrogen-bond acceptors (Lipinski definition) is 5. The van der Waals surface area contributed by atoms with Crippen molar-refractivity contribution in [2.75, 3.05) is 53.6 Å². The fourth-order valence-corrected chi connectivity index (χ4v) is 3.84. The van der Waals surface area contributed by atoms with Gasteiger partial charge in [-0.15, -0.1) is 0 Å². The van der Waals surface area contributed by atoms with Crippen LogP contribution in [0.25, 0.3) is 0 Å². The second-order valence-electron chi connectivity index (χ2n) is 6.41. The number of rotatable bonds is 5. The maximum absolute atomic E-state index is 14.9. The van der Waals surface area contributed by atoms with Crippen molar-refractivity contribution < 1.29 is 18.6 Å². The fraction of sp³-hybridized carbons (Fsp3) is 0.667. The SMILES string of the molecule is COc1cc(F)c([C@@H](C2CCOCC2)N2CCNCC2)cc1OC. The van der Waals surface area contributed by atoms with E-state index < -0.39 is 0 Å². The molecule has 1 atom stereocenters. The van der Waals surface area contributed by atoms with Gasteiger partial charge >= 0.3 is 0 Å². The van der Waals surface area contributed by atoms with Crippen molar-refractivity contribution in [2.45, 2.75) is 18.9 Å². The molecule has 1 aromatic rings. The van der Waals surface area contributed by atoms with Crippen LogP contribution in [0.4, 0.5) is 4.39 Å². The summed E-state index contributed by atoms with van der Waals surface area (Å²) in [7, 11) is 3.12. The molecule has 0 saturated carbocycles. The van der Waals surface area contributed by atoms with Gasteiger partial charge in [-0.3, -0.25) is 4.90 Å². The number of methoxy groups -OCH3 is 2. The summed E-state index contributed by atoms with van der Waals surface area (Å²) in [6.45, 7) is 5.24. The van der Waals surface area contributed by atoms with Gasteiger partial charge in [0.2, 0.25) is 0 Å². The largest absolute Gasteiger partial charge is 0.493 e. The number of nitrogens with zero attached hydrogens (tertiary/aromatic N) is 1. The van der Waals surface area contributed by atoms with Gasteiger partial charge in [0.1, 0.15) is 5.82 Å². The smallest absolute Gasteiger partial charge is 0.163 e. The van der Waals surface area contributed by atoms with Gasteiger partial charge in [-0.1, -0.05) is 0 Å². The number of piperazine rings is 1. The van der Waals surface area contributed by atoms with Crippen LogP contribution >= 0.6 is 0 Å². The Morgan fingerprint density at radius 2 is 1.75 bits per heavy atom. The van der Waals surface area contributed by atoms with E-state index in [4.69, 9.17) is 14.2 Å². The van der Waals surface area contributed by atoms with Crippen molar-refractivity contribution in [1.29, 1.82) is 0 Å². The van der Waals surface area contributed by atoms with E-state index in [9.17, 15) is 4.39 Å². The van der Waals surface area contributed by atoms with E-state index in [1.54, 1.807) is 7.11 Å². The van der Waals surface area contributed by atoms with Gasteiger partial charge in [0.15, 0.2) is 11.5 Å². The highest BCUT2D eigenvalue weighted by molar-refractivity contribution is 5.45. The van der Waals surface area contributed by atoms with Crippen molar-refractivity contribution in [3.05, 3.63) is 23.5 Å². The fourth-order valence-electron chi connectivity index (χ4n) is 3.84. The predicted octanol–water partition coefficient (Wildman–Crippen LogP) is 2.22. The third kappa shape index (κ3) is 3.66. The Balaban J connectivity index is 1.97. The van der Waals surface area contributed by atoms with Crippen LogP contribution in [0.3, 0.4) is 0 Å². The zero-order valence-electron chi connectivity index (χ0n) is 14.5. The van der Waals surface area contributed by atoms with Gasteiger partial charge in [-0.05, 0) is 24.8 Å². The molecule has 0 amide bonds. The lowest BCUT2D eigenvalue weighted by Gasteiger charge is -2.41. The van der Waals surface area contributed by atoms with Crippen LogP contribution in [0.15, 0.2) is 12.1 Å². The van der Waals surface area contributed by atoms with Crippen LogP contribution in [0.1, 0.15) is 24.4 Å². The quantitative estimate of drug-likeness (QED) is 0.892. The van der Waals surface area contributed by atoms with Gasteiger partial charge in [-0.25, -0.2) is 4.39 Å². The summed E-state index contributed by atoms with van der Waals surface area (Å²) < 4.78 is 31.1. The molecule has 0 spiro atoms. The highest BCUT2D eigenvalue weighted by Gasteiger charge is 2.33. The minimum absolute atomic E-state index is 0.0517. The molecule has 24 heavy (non-hydrogen) atoms. The van der Waals surface area contributed by atoms with Crippen LogP contribution in [-0.2, 0) is 4.74 Å². The molecule has 1 aromatic carbocycles. The van der Waals surface area contributed by atoms with E-state index in [0.717, 1.165) is 52.2 Å². The van der Waals surface area contributed by atoms with Crippen molar-refractivity contribution >= 4 is 0 Å². The normalized spacial score (nSPS) is 21.5. The molecule has 1 N–H and O–H groups in total. The van der Waals surface area contributed by atoms with Crippen LogP contribution in [-0.4, -0.2) is 58.5 Å². The summed E-state index contributed by atoms with van der Waals surface area (Å²) >= 11 is 0. The average molecular weight is 338 g/mol.